The zero-order valence-electron chi connectivity index (χ0n) is 8.25. The van der Waals surface area contributed by atoms with E-state index in [1.165, 1.54) is 0 Å². The molecule has 0 bridgehead atoms. The summed E-state index contributed by atoms with van der Waals surface area (Å²) in [6.45, 7) is 0.668. The van der Waals surface area contributed by atoms with Gasteiger partial charge >= 0.3 is 0 Å². The fourth-order valence-electron chi connectivity index (χ4n) is 1.30. The van der Waals surface area contributed by atoms with Crippen LogP contribution in [0.5, 0.6) is 0 Å². The summed E-state index contributed by atoms with van der Waals surface area (Å²) in [5.74, 6) is 0. The Hall–Kier alpha value is 0.200. The molecule has 1 aromatic rings. The van der Waals surface area contributed by atoms with Crippen molar-refractivity contribution in [3.8, 4) is 0 Å². The Balaban J connectivity index is 0.00000196. The Morgan fingerprint density at radius 2 is 2.07 bits per heavy atom. The van der Waals surface area contributed by atoms with Crippen molar-refractivity contribution in [2.75, 3.05) is 6.54 Å². The quantitative estimate of drug-likeness (QED) is 0.896. The van der Waals surface area contributed by atoms with Crippen LogP contribution in [0.15, 0.2) is 22.7 Å². The number of benzene rings is 1. The van der Waals surface area contributed by atoms with Crippen LogP contribution >= 0.6 is 39.9 Å². The molecule has 4 N–H and O–H groups in total. The highest BCUT2D eigenvalue weighted by atomic mass is 79.9. The van der Waals surface area contributed by atoms with Crippen LogP contribution in [-0.2, 0) is 0 Å². The largest absolute Gasteiger partial charge is 0.330 e. The topological polar surface area (TPSA) is 52.0 Å². The molecule has 0 fully saturated rings. The molecule has 0 radical (unpaired) electrons. The van der Waals surface area contributed by atoms with Crippen molar-refractivity contribution in [3.05, 3.63) is 33.3 Å². The van der Waals surface area contributed by atoms with Crippen LogP contribution in [0.3, 0.4) is 0 Å². The van der Waals surface area contributed by atoms with Crippen molar-refractivity contribution in [2.24, 2.45) is 11.5 Å². The molecular weight excluding hydrogens is 299 g/mol. The molecule has 2 nitrogen and oxygen atoms in total. The lowest BCUT2D eigenvalue weighted by Gasteiger charge is -2.13. The lowest BCUT2D eigenvalue weighted by atomic mass is 10.0. The molecular formula is C10H15BrCl2N2. The minimum Gasteiger partial charge on any atom is -0.330 e. The van der Waals surface area contributed by atoms with Crippen LogP contribution in [0.1, 0.15) is 24.4 Å². The third-order valence-corrected chi connectivity index (χ3v) is 2.90. The minimum atomic E-state index is -0.0147. The number of hydrogen-bond donors (Lipinski definition) is 2. The van der Waals surface area contributed by atoms with Gasteiger partial charge in [-0.25, -0.2) is 0 Å². The van der Waals surface area contributed by atoms with Gasteiger partial charge in [0.1, 0.15) is 0 Å². The monoisotopic (exact) mass is 312 g/mol. The average Bonchev–Trinajstić information content (AvgIpc) is 2.14. The molecule has 0 aliphatic rings. The summed E-state index contributed by atoms with van der Waals surface area (Å²) in [5, 5.41) is 0.712. The van der Waals surface area contributed by atoms with Gasteiger partial charge in [-0.3, -0.25) is 0 Å². The SMILES string of the molecule is Cl.NCCC[C@@H](N)c1ccc(Br)cc1Cl. The number of halogens is 3. The fraction of sp³-hybridized carbons (Fsp3) is 0.400. The first kappa shape index (κ1) is 15.2. The summed E-state index contributed by atoms with van der Waals surface area (Å²) < 4.78 is 0.970. The maximum absolute atomic E-state index is 6.06. The molecule has 0 aliphatic carbocycles. The highest BCUT2D eigenvalue weighted by Gasteiger charge is 2.09. The van der Waals surface area contributed by atoms with Gasteiger partial charge in [-0.1, -0.05) is 33.6 Å². The van der Waals surface area contributed by atoms with Gasteiger partial charge in [0.2, 0.25) is 0 Å². The van der Waals surface area contributed by atoms with E-state index < -0.39 is 0 Å². The van der Waals surface area contributed by atoms with E-state index >= 15 is 0 Å². The van der Waals surface area contributed by atoms with E-state index in [1.54, 1.807) is 0 Å². The number of nitrogens with two attached hydrogens (primary N) is 2. The maximum Gasteiger partial charge on any atom is 0.0464 e. The van der Waals surface area contributed by atoms with Crippen LogP contribution in [-0.4, -0.2) is 6.54 Å². The minimum absolute atomic E-state index is 0. The molecule has 0 aromatic heterocycles. The Morgan fingerprint density at radius 1 is 1.40 bits per heavy atom. The second-order valence-electron chi connectivity index (χ2n) is 3.20. The summed E-state index contributed by atoms with van der Waals surface area (Å²) in [6, 6.07) is 5.75. The van der Waals surface area contributed by atoms with Gasteiger partial charge in [0.25, 0.3) is 0 Å². The van der Waals surface area contributed by atoms with Crippen LogP contribution in [0, 0.1) is 0 Å². The summed E-state index contributed by atoms with van der Waals surface area (Å²) in [6.07, 6.45) is 1.80. The maximum atomic E-state index is 6.06. The molecule has 0 unspecified atom stereocenters. The first-order chi connectivity index (χ1) is 6.65. The van der Waals surface area contributed by atoms with E-state index in [4.69, 9.17) is 23.1 Å². The first-order valence-corrected chi connectivity index (χ1v) is 5.73. The molecule has 0 saturated heterocycles. The molecule has 15 heavy (non-hydrogen) atoms. The van der Waals surface area contributed by atoms with Gasteiger partial charge in [-0.2, -0.15) is 0 Å². The molecule has 0 heterocycles. The molecule has 0 aliphatic heterocycles. The van der Waals surface area contributed by atoms with Gasteiger partial charge in [0.15, 0.2) is 0 Å². The highest BCUT2D eigenvalue weighted by molar-refractivity contribution is 9.10. The number of rotatable bonds is 4. The summed E-state index contributed by atoms with van der Waals surface area (Å²) in [5.41, 5.74) is 12.4. The van der Waals surface area contributed by atoms with Crippen molar-refractivity contribution in [2.45, 2.75) is 18.9 Å². The third kappa shape index (κ3) is 4.70. The normalized spacial score (nSPS) is 12.0. The van der Waals surface area contributed by atoms with Gasteiger partial charge in [-0.15, -0.1) is 12.4 Å². The van der Waals surface area contributed by atoms with Crippen LogP contribution in [0.25, 0.3) is 0 Å². The van der Waals surface area contributed by atoms with E-state index in [0.29, 0.717) is 11.6 Å². The predicted molar refractivity (Wildman–Crippen MR) is 71.6 cm³/mol. The molecule has 0 saturated carbocycles. The van der Waals surface area contributed by atoms with E-state index in [9.17, 15) is 0 Å². The molecule has 0 amide bonds. The van der Waals surface area contributed by atoms with Crippen LogP contribution in [0.2, 0.25) is 5.02 Å². The summed E-state index contributed by atoms with van der Waals surface area (Å²) in [4.78, 5) is 0. The highest BCUT2D eigenvalue weighted by Crippen LogP contribution is 2.27. The molecule has 1 rings (SSSR count). The Morgan fingerprint density at radius 3 is 2.60 bits per heavy atom. The first-order valence-electron chi connectivity index (χ1n) is 4.55. The molecule has 86 valence electrons. The van der Waals surface area contributed by atoms with Gasteiger partial charge < -0.3 is 11.5 Å². The van der Waals surface area contributed by atoms with Crippen LogP contribution in [0.4, 0.5) is 0 Å². The van der Waals surface area contributed by atoms with E-state index in [1.807, 2.05) is 18.2 Å². The summed E-state index contributed by atoms with van der Waals surface area (Å²) in [7, 11) is 0. The fourth-order valence-corrected chi connectivity index (χ4v) is 2.11. The van der Waals surface area contributed by atoms with E-state index in [0.717, 1.165) is 22.9 Å². The molecule has 5 heteroatoms. The lowest BCUT2D eigenvalue weighted by molar-refractivity contribution is 0.618. The zero-order chi connectivity index (χ0) is 10.6. The smallest absolute Gasteiger partial charge is 0.0464 e. The van der Waals surface area contributed by atoms with Crippen LogP contribution < -0.4 is 11.5 Å². The van der Waals surface area contributed by atoms with E-state index in [-0.39, 0.29) is 18.4 Å². The van der Waals surface area contributed by atoms with Gasteiger partial charge in [0, 0.05) is 15.5 Å². The lowest BCUT2D eigenvalue weighted by Crippen LogP contribution is -2.12. The molecule has 1 atom stereocenters. The van der Waals surface area contributed by atoms with Crippen molar-refractivity contribution < 1.29 is 0 Å². The molecule has 1 aromatic carbocycles. The van der Waals surface area contributed by atoms with Crippen molar-refractivity contribution in [1.29, 1.82) is 0 Å². The van der Waals surface area contributed by atoms with Crippen molar-refractivity contribution in [3.63, 3.8) is 0 Å². The van der Waals surface area contributed by atoms with Crippen molar-refractivity contribution >= 4 is 39.9 Å². The third-order valence-electron chi connectivity index (χ3n) is 2.08. The number of hydrogen-bond acceptors (Lipinski definition) is 2. The standard InChI is InChI=1S/C10H14BrClN2.ClH/c11-7-3-4-8(9(12)6-7)10(14)2-1-5-13;/h3-4,6,10H,1-2,5,13-14H2;1H/t10-;/m1./s1. The Kier molecular flexibility index (Phi) is 7.57. The average molecular weight is 314 g/mol. The Labute approximate surface area is 110 Å². The predicted octanol–water partition coefficient (Wildman–Crippen LogP) is 3.26. The second kappa shape index (κ2) is 7.47. The Bertz CT molecular complexity index is 307. The second-order valence-corrected chi connectivity index (χ2v) is 4.53. The van der Waals surface area contributed by atoms with Gasteiger partial charge in [0.05, 0.1) is 0 Å². The van der Waals surface area contributed by atoms with Gasteiger partial charge in [-0.05, 0) is 37.1 Å². The summed E-state index contributed by atoms with van der Waals surface area (Å²) >= 11 is 9.41. The zero-order valence-corrected chi connectivity index (χ0v) is 11.4. The van der Waals surface area contributed by atoms with E-state index in [2.05, 4.69) is 15.9 Å². The molecule has 0 spiro atoms. The van der Waals surface area contributed by atoms with Crippen molar-refractivity contribution in [1.82, 2.24) is 0 Å².